The second-order valence-electron chi connectivity index (χ2n) is 8.41. The maximum absolute atomic E-state index is 10.7. The molecule has 0 saturated carbocycles. The number of benzene rings is 2. The van der Waals surface area contributed by atoms with Gasteiger partial charge in [-0.2, -0.15) is 0 Å². The van der Waals surface area contributed by atoms with Crippen molar-refractivity contribution < 1.29 is 10.2 Å². The second-order valence-corrected chi connectivity index (χ2v) is 13.5. The van der Waals surface area contributed by atoms with Crippen LogP contribution in [0.15, 0.2) is 83.1 Å². The summed E-state index contributed by atoms with van der Waals surface area (Å²) in [5.41, 5.74) is 4.50. The van der Waals surface area contributed by atoms with Crippen LogP contribution in [-0.2, 0) is 0 Å². The maximum atomic E-state index is 10.7. The third-order valence-corrected chi connectivity index (χ3v) is 7.76. The molecule has 0 fully saturated rings. The molecule has 4 rings (SSSR count). The normalized spacial score (nSPS) is 28.3. The van der Waals surface area contributed by atoms with E-state index in [9.17, 15) is 10.2 Å². The van der Waals surface area contributed by atoms with Crippen LogP contribution in [0.25, 0.3) is 0 Å². The number of aliphatic hydroxyl groups is 2. The molecule has 0 bridgehead atoms. The molecule has 0 radical (unpaired) electrons. The molecule has 0 spiro atoms. The molecule has 0 heterocycles. The van der Waals surface area contributed by atoms with Crippen molar-refractivity contribution in [2.24, 2.45) is 0 Å². The minimum atomic E-state index is -1.65. The lowest BCUT2D eigenvalue weighted by Gasteiger charge is -2.48. The Morgan fingerprint density at radius 1 is 0.731 bits per heavy atom. The van der Waals surface area contributed by atoms with Gasteiger partial charge in [0.05, 0.1) is 8.07 Å². The van der Waals surface area contributed by atoms with E-state index in [1.165, 1.54) is 16.3 Å². The summed E-state index contributed by atoms with van der Waals surface area (Å²) in [7, 11) is -1.65. The molecule has 3 heteroatoms. The summed E-state index contributed by atoms with van der Waals surface area (Å²) < 4.78 is 0. The Hall–Kier alpha value is -1.94. The molecule has 2 aromatic rings. The van der Waals surface area contributed by atoms with Crippen molar-refractivity contribution in [3.8, 4) is 0 Å². The van der Waals surface area contributed by atoms with Crippen molar-refractivity contribution in [2.75, 3.05) is 0 Å². The second kappa shape index (κ2) is 6.34. The van der Waals surface area contributed by atoms with Crippen LogP contribution in [0.3, 0.4) is 0 Å². The van der Waals surface area contributed by atoms with Gasteiger partial charge in [0, 0.05) is 11.8 Å². The van der Waals surface area contributed by atoms with E-state index in [2.05, 4.69) is 74.2 Å². The molecule has 2 N–H and O–H groups in total. The predicted octanol–water partition coefficient (Wildman–Crippen LogP) is 4.40. The van der Waals surface area contributed by atoms with Gasteiger partial charge in [-0.25, -0.2) is 0 Å². The first kappa shape index (κ1) is 17.5. The SMILES string of the molecule is C[Si](C)(C)C1=CC(c2ccccc2)C(c2ccccc2)C2=C1[C@H](O)[C@@H]2O. The summed E-state index contributed by atoms with van der Waals surface area (Å²) in [6.45, 7) is 6.93. The summed E-state index contributed by atoms with van der Waals surface area (Å²) in [5.74, 6) is 0.258. The largest absolute Gasteiger partial charge is 0.386 e. The summed E-state index contributed by atoms with van der Waals surface area (Å²) in [6, 6.07) is 20.9. The average molecular weight is 363 g/mol. The van der Waals surface area contributed by atoms with Gasteiger partial charge in [-0.1, -0.05) is 91.6 Å². The van der Waals surface area contributed by atoms with E-state index in [1.807, 2.05) is 12.1 Å². The highest BCUT2D eigenvalue weighted by molar-refractivity contribution is 6.84. The van der Waals surface area contributed by atoms with Crippen molar-refractivity contribution in [2.45, 2.75) is 43.7 Å². The zero-order valence-electron chi connectivity index (χ0n) is 15.6. The minimum absolute atomic E-state index is 0.0760. The van der Waals surface area contributed by atoms with Gasteiger partial charge >= 0.3 is 0 Å². The molecule has 0 aliphatic heterocycles. The summed E-state index contributed by atoms with van der Waals surface area (Å²) in [5, 5.41) is 22.5. The number of aliphatic hydroxyl groups excluding tert-OH is 2. The first-order valence-electron chi connectivity index (χ1n) is 9.32. The van der Waals surface area contributed by atoms with Crippen molar-refractivity contribution >= 4 is 8.07 Å². The van der Waals surface area contributed by atoms with Crippen LogP contribution in [0.1, 0.15) is 23.0 Å². The number of hydrogen-bond acceptors (Lipinski definition) is 2. The van der Waals surface area contributed by atoms with E-state index in [0.29, 0.717) is 0 Å². The Morgan fingerprint density at radius 2 is 1.27 bits per heavy atom. The van der Waals surface area contributed by atoms with E-state index in [4.69, 9.17) is 0 Å². The monoisotopic (exact) mass is 362 g/mol. The van der Waals surface area contributed by atoms with E-state index >= 15 is 0 Å². The van der Waals surface area contributed by atoms with Gasteiger partial charge in [-0.3, -0.25) is 0 Å². The third kappa shape index (κ3) is 2.71. The van der Waals surface area contributed by atoms with Crippen LogP contribution in [0, 0.1) is 0 Å². The summed E-state index contributed by atoms with van der Waals surface area (Å²) in [4.78, 5) is 0. The van der Waals surface area contributed by atoms with Gasteiger partial charge in [0.2, 0.25) is 0 Å². The van der Waals surface area contributed by atoms with Crippen LogP contribution >= 0.6 is 0 Å². The molecule has 134 valence electrons. The smallest absolute Gasteiger partial charge is 0.109 e. The zero-order chi connectivity index (χ0) is 18.5. The van der Waals surface area contributed by atoms with Crippen LogP contribution in [0.5, 0.6) is 0 Å². The topological polar surface area (TPSA) is 40.5 Å². The lowest BCUT2D eigenvalue weighted by molar-refractivity contribution is 0.0327. The maximum Gasteiger partial charge on any atom is 0.109 e. The Labute approximate surface area is 156 Å². The highest BCUT2D eigenvalue weighted by Crippen LogP contribution is 2.54. The molecule has 4 atom stereocenters. The van der Waals surface area contributed by atoms with Crippen molar-refractivity contribution in [1.82, 2.24) is 0 Å². The third-order valence-electron chi connectivity index (χ3n) is 5.71. The molecule has 0 amide bonds. The molecule has 2 aromatic carbocycles. The molecule has 26 heavy (non-hydrogen) atoms. The first-order chi connectivity index (χ1) is 12.4. The van der Waals surface area contributed by atoms with Gasteiger partial charge in [0.1, 0.15) is 12.2 Å². The van der Waals surface area contributed by atoms with Gasteiger partial charge in [-0.15, -0.1) is 0 Å². The van der Waals surface area contributed by atoms with E-state index in [-0.39, 0.29) is 11.8 Å². The number of hydrogen-bond donors (Lipinski definition) is 2. The molecule has 0 saturated heterocycles. The molecular formula is C23H26O2Si. The molecule has 0 aromatic heterocycles. The number of rotatable bonds is 3. The van der Waals surface area contributed by atoms with E-state index in [0.717, 1.165) is 11.1 Å². The standard InChI is InChI=1S/C23H26O2Si/c1-26(2,3)18-14-17(15-10-6-4-7-11-15)19(16-12-8-5-9-13-16)21-20(18)22(24)23(21)25/h4-14,17,19,22-25H,1-3H3/t17?,19?,22-,23+/m0/s1. The highest BCUT2D eigenvalue weighted by Gasteiger charge is 2.50. The lowest BCUT2D eigenvalue weighted by Crippen LogP contribution is -2.49. The first-order valence-corrected chi connectivity index (χ1v) is 12.8. The predicted molar refractivity (Wildman–Crippen MR) is 109 cm³/mol. The lowest BCUT2D eigenvalue weighted by atomic mass is 9.63. The van der Waals surface area contributed by atoms with Crippen LogP contribution in [0.4, 0.5) is 0 Å². The fraction of sp³-hybridized carbons (Fsp3) is 0.304. The van der Waals surface area contributed by atoms with Crippen LogP contribution in [-0.4, -0.2) is 30.5 Å². The highest BCUT2D eigenvalue weighted by atomic mass is 28.3. The Morgan fingerprint density at radius 3 is 1.81 bits per heavy atom. The van der Waals surface area contributed by atoms with Crippen molar-refractivity contribution in [3.63, 3.8) is 0 Å². The fourth-order valence-corrected chi connectivity index (χ4v) is 6.23. The Balaban J connectivity index is 1.93. The van der Waals surface area contributed by atoms with Gasteiger partial charge in [0.15, 0.2) is 0 Å². The van der Waals surface area contributed by atoms with Gasteiger partial charge in [0.25, 0.3) is 0 Å². The zero-order valence-corrected chi connectivity index (χ0v) is 16.6. The van der Waals surface area contributed by atoms with Gasteiger partial charge in [-0.05, 0) is 22.3 Å². The average Bonchev–Trinajstić information content (AvgIpc) is 2.66. The quantitative estimate of drug-likeness (QED) is 0.795. The van der Waals surface area contributed by atoms with Crippen molar-refractivity contribution in [3.05, 3.63) is 94.2 Å². The van der Waals surface area contributed by atoms with Crippen LogP contribution in [0.2, 0.25) is 19.6 Å². The van der Waals surface area contributed by atoms with E-state index < -0.39 is 20.3 Å². The molecule has 2 aliphatic carbocycles. The summed E-state index contributed by atoms with van der Waals surface area (Å²) >= 11 is 0. The molecule has 2 aliphatic rings. The molecular weight excluding hydrogens is 336 g/mol. The Bertz CT molecular complexity index is 862. The van der Waals surface area contributed by atoms with E-state index in [1.54, 1.807) is 0 Å². The fourth-order valence-electron chi connectivity index (χ4n) is 4.45. The molecule has 2 nitrogen and oxygen atoms in total. The molecule has 2 unspecified atom stereocenters. The van der Waals surface area contributed by atoms with Crippen LogP contribution < -0.4 is 0 Å². The van der Waals surface area contributed by atoms with Crippen molar-refractivity contribution in [1.29, 1.82) is 0 Å². The Kier molecular flexibility index (Phi) is 4.26. The number of allylic oxidation sites excluding steroid dienone is 1. The minimum Gasteiger partial charge on any atom is -0.386 e. The van der Waals surface area contributed by atoms with Gasteiger partial charge < -0.3 is 10.2 Å². The summed E-state index contributed by atoms with van der Waals surface area (Å²) in [6.07, 6.45) is 0.875.